The van der Waals surface area contributed by atoms with Crippen LogP contribution in [-0.4, -0.2) is 52.8 Å². The summed E-state index contributed by atoms with van der Waals surface area (Å²) >= 11 is 0. The molecule has 1 N–H and O–H groups in total. The average molecular weight is 548 g/mol. The summed E-state index contributed by atoms with van der Waals surface area (Å²) in [7, 11) is 1.73. The normalized spacial score (nSPS) is 11.5. The van der Waals surface area contributed by atoms with Crippen molar-refractivity contribution in [3.63, 3.8) is 0 Å². The Morgan fingerprint density at radius 3 is 1.82 bits per heavy atom. The van der Waals surface area contributed by atoms with Gasteiger partial charge in [0.2, 0.25) is 0 Å². The number of para-hydroxylation sites is 1. The monoisotopic (exact) mass is 547 g/mol. The molecule has 39 heavy (non-hydrogen) atoms. The summed E-state index contributed by atoms with van der Waals surface area (Å²) in [6.07, 6.45) is 0.927. The fraction of sp³-hybridized carbons (Fsp3) is 0.250. The summed E-state index contributed by atoms with van der Waals surface area (Å²) in [5, 5.41) is 12.0. The summed E-state index contributed by atoms with van der Waals surface area (Å²) in [5.74, 6) is 0.714. The molecule has 0 aromatic heterocycles. The van der Waals surface area contributed by atoms with Crippen molar-refractivity contribution in [2.24, 2.45) is 0 Å². The van der Waals surface area contributed by atoms with Crippen LogP contribution < -0.4 is 4.74 Å². The maximum absolute atomic E-state index is 12.0. The molecule has 0 saturated heterocycles. The number of benzene rings is 4. The van der Waals surface area contributed by atoms with Gasteiger partial charge in [0.25, 0.3) is 10.1 Å². The van der Waals surface area contributed by atoms with Crippen molar-refractivity contribution in [2.75, 3.05) is 34.4 Å². The minimum Gasteiger partial charge on any atom is -0.493 e. The zero-order chi connectivity index (χ0) is 28.3. The lowest BCUT2D eigenvalue weighted by molar-refractivity contribution is 0.120. The third-order valence-electron chi connectivity index (χ3n) is 6.25. The molecular formula is C32H37NO5S. The van der Waals surface area contributed by atoms with Gasteiger partial charge in [-0.3, -0.25) is 4.18 Å². The number of nitrogens with zero attached hydrogens (tertiary/aromatic N) is 1. The molecule has 0 amide bonds. The Balaban J connectivity index is 0.000000293. The number of aliphatic hydroxyl groups is 1. The van der Waals surface area contributed by atoms with Crippen molar-refractivity contribution < 1.29 is 22.4 Å². The maximum Gasteiger partial charge on any atom is 0.296 e. The molecule has 0 aliphatic rings. The lowest BCUT2D eigenvalue weighted by atomic mass is 9.80. The van der Waals surface area contributed by atoms with Crippen molar-refractivity contribution in [1.29, 1.82) is 0 Å². The molecule has 0 radical (unpaired) electrons. The Labute approximate surface area is 232 Å². The summed E-state index contributed by atoms with van der Waals surface area (Å²) in [6.45, 7) is 3.30. The topological polar surface area (TPSA) is 76.1 Å². The highest BCUT2D eigenvalue weighted by molar-refractivity contribution is 7.86. The summed E-state index contributed by atoms with van der Waals surface area (Å²) in [4.78, 5) is 2.37. The molecule has 206 valence electrons. The van der Waals surface area contributed by atoms with E-state index in [-0.39, 0.29) is 4.90 Å². The first-order valence-electron chi connectivity index (χ1n) is 12.8. The lowest BCUT2D eigenvalue weighted by Gasteiger charge is -2.31. The number of ether oxygens (including phenoxy) is 1. The van der Waals surface area contributed by atoms with Gasteiger partial charge in [-0.15, -0.1) is 0 Å². The molecule has 0 bridgehead atoms. The van der Waals surface area contributed by atoms with Crippen molar-refractivity contribution in [1.82, 2.24) is 4.90 Å². The third-order valence-corrected chi connectivity index (χ3v) is 7.69. The van der Waals surface area contributed by atoms with E-state index in [0.717, 1.165) is 36.8 Å². The van der Waals surface area contributed by atoms with Crippen LogP contribution in [0.4, 0.5) is 0 Å². The van der Waals surface area contributed by atoms with E-state index in [0.29, 0.717) is 17.9 Å². The van der Waals surface area contributed by atoms with Gasteiger partial charge in [-0.25, -0.2) is 0 Å². The van der Waals surface area contributed by atoms with Crippen molar-refractivity contribution in [2.45, 2.75) is 23.8 Å². The van der Waals surface area contributed by atoms with E-state index >= 15 is 0 Å². The Morgan fingerprint density at radius 2 is 1.28 bits per heavy atom. The molecule has 0 saturated carbocycles. The second-order valence-corrected chi connectivity index (χ2v) is 11.0. The van der Waals surface area contributed by atoms with Crippen molar-refractivity contribution >= 4 is 10.1 Å². The fourth-order valence-electron chi connectivity index (χ4n) is 4.22. The molecule has 4 aromatic carbocycles. The average Bonchev–Trinajstić information content (AvgIpc) is 2.96. The van der Waals surface area contributed by atoms with Gasteiger partial charge in [-0.05, 0) is 56.3 Å². The number of hydrogen-bond donors (Lipinski definition) is 1. The molecule has 6 nitrogen and oxygen atoms in total. The molecule has 0 unspecified atom stereocenters. The Bertz CT molecular complexity index is 1370. The van der Waals surface area contributed by atoms with Gasteiger partial charge >= 0.3 is 0 Å². The van der Waals surface area contributed by atoms with E-state index < -0.39 is 15.7 Å². The van der Waals surface area contributed by atoms with E-state index in [1.54, 1.807) is 25.1 Å². The molecule has 7 heteroatoms. The lowest BCUT2D eigenvalue weighted by Crippen LogP contribution is -2.29. The van der Waals surface area contributed by atoms with Gasteiger partial charge in [-0.2, -0.15) is 8.42 Å². The van der Waals surface area contributed by atoms with Crippen molar-refractivity contribution in [3.05, 3.63) is 131 Å². The Hall–Kier alpha value is -3.49. The second kappa shape index (κ2) is 14.1. The minimum atomic E-state index is -3.53. The Kier molecular flexibility index (Phi) is 10.8. The van der Waals surface area contributed by atoms with Crippen LogP contribution in [0, 0.1) is 6.92 Å². The predicted molar refractivity (Wildman–Crippen MR) is 155 cm³/mol. The molecule has 4 aromatic rings. The van der Waals surface area contributed by atoms with Gasteiger partial charge in [0, 0.05) is 12.1 Å². The molecule has 0 heterocycles. The molecule has 0 spiro atoms. The summed E-state index contributed by atoms with van der Waals surface area (Å²) in [6, 6.07) is 34.0. The predicted octanol–water partition coefficient (Wildman–Crippen LogP) is 5.63. The second-order valence-electron chi connectivity index (χ2n) is 9.33. The van der Waals surface area contributed by atoms with Gasteiger partial charge in [0.1, 0.15) is 11.4 Å². The summed E-state index contributed by atoms with van der Waals surface area (Å²) in [5.41, 5.74) is 1.81. The molecule has 0 atom stereocenters. The first-order valence-corrected chi connectivity index (χ1v) is 14.2. The molecule has 4 rings (SSSR count). The summed E-state index contributed by atoms with van der Waals surface area (Å²) < 4.78 is 32.9. The van der Waals surface area contributed by atoms with Crippen molar-refractivity contribution in [3.8, 4) is 5.75 Å². The Morgan fingerprint density at radius 1 is 0.769 bits per heavy atom. The first-order chi connectivity index (χ1) is 18.7. The zero-order valence-corrected chi connectivity index (χ0v) is 23.8. The van der Waals surface area contributed by atoms with E-state index in [1.165, 1.54) is 6.07 Å². The standard InChI is InChI=1S/C24H27NO2.C8H10O3S/c1-25(2)18-11-19-27-23-17-10-9-16-22(23)24(26,20-12-5-3-6-13-20)21-14-7-4-8-15-21;1-7-5-3-4-6-8(7)12(9,10)11-2/h3-10,12-17,26H,11,18-19H2,1-2H3;3-6H,1-2H3. The van der Waals surface area contributed by atoms with Crippen LogP contribution in [0.5, 0.6) is 5.75 Å². The maximum atomic E-state index is 12.0. The number of hydrogen-bond acceptors (Lipinski definition) is 6. The third kappa shape index (κ3) is 7.77. The van der Waals surface area contributed by atoms with Crippen LogP contribution in [0.1, 0.15) is 28.7 Å². The first kappa shape index (κ1) is 30.1. The van der Waals surface area contributed by atoms with Crippen LogP contribution in [0.2, 0.25) is 0 Å². The van der Waals surface area contributed by atoms with Crippen LogP contribution in [0.25, 0.3) is 0 Å². The quantitative estimate of drug-likeness (QED) is 0.158. The van der Waals surface area contributed by atoms with Gasteiger partial charge in [0.05, 0.1) is 18.6 Å². The van der Waals surface area contributed by atoms with Crippen LogP contribution in [0.3, 0.4) is 0 Å². The largest absolute Gasteiger partial charge is 0.493 e. The number of rotatable bonds is 10. The van der Waals surface area contributed by atoms with E-state index in [4.69, 9.17) is 4.74 Å². The van der Waals surface area contributed by atoms with E-state index in [9.17, 15) is 13.5 Å². The highest BCUT2D eigenvalue weighted by Crippen LogP contribution is 2.41. The van der Waals surface area contributed by atoms with Gasteiger partial charge < -0.3 is 14.7 Å². The van der Waals surface area contributed by atoms with Gasteiger partial charge in [0.15, 0.2) is 0 Å². The minimum absolute atomic E-state index is 0.229. The number of aryl methyl sites for hydroxylation is 1. The van der Waals surface area contributed by atoms with Crippen LogP contribution in [0.15, 0.2) is 114 Å². The molecule has 0 aliphatic carbocycles. The molecule has 0 aliphatic heterocycles. The van der Waals surface area contributed by atoms with E-state index in [1.807, 2.05) is 84.9 Å². The fourth-order valence-corrected chi connectivity index (χ4v) is 5.10. The molecule has 0 fully saturated rings. The van der Waals surface area contributed by atoms with Gasteiger partial charge in [-0.1, -0.05) is 97.1 Å². The highest BCUT2D eigenvalue weighted by Gasteiger charge is 2.36. The highest BCUT2D eigenvalue weighted by atomic mass is 32.2. The smallest absolute Gasteiger partial charge is 0.296 e. The van der Waals surface area contributed by atoms with Crippen LogP contribution >= 0.6 is 0 Å². The zero-order valence-electron chi connectivity index (χ0n) is 22.9. The van der Waals surface area contributed by atoms with Crippen LogP contribution in [-0.2, 0) is 19.9 Å². The molecular weight excluding hydrogens is 510 g/mol. The SMILES string of the molecule is CN(C)CCCOc1ccccc1C(O)(c1ccccc1)c1ccccc1.COS(=O)(=O)c1ccccc1C. The van der Waals surface area contributed by atoms with E-state index in [2.05, 4.69) is 23.2 Å².